The third-order valence-corrected chi connectivity index (χ3v) is 4.95. The predicted octanol–water partition coefficient (Wildman–Crippen LogP) is 3.33. The Morgan fingerprint density at radius 2 is 2.00 bits per heavy atom. The van der Waals surface area contributed by atoms with E-state index in [0.29, 0.717) is 16.9 Å². The number of methoxy groups -OCH3 is 1. The molecule has 0 saturated carbocycles. The molecule has 0 spiro atoms. The van der Waals surface area contributed by atoms with Crippen LogP contribution >= 0.6 is 0 Å². The lowest BCUT2D eigenvalue weighted by atomic mass is 10.1. The van der Waals surface area contributed by atoms with E-state index in [1.54, 1.807) is 24.3 Å². The van der Waals surface area contributed by atoms with E-state index in [4.69, 9.17) is 14.2 Å². The summed E-state index contributed by atoms with van der Waals surface area (Å²) in [6.45, 7) is 5.12. The van der Waals surface area contributed by atoms with Gasteiger partial charge in [-0.15, -0.1) is 0 Å². The molecule has 0 radical (unpaired) electrons. The van der Waals surface area contributed by atoms with Gasteiger partial charge in [0.25, 0.3) is 0 Å². The molecular formula is C21H25NO5. The molecule has 1 aromatic heterocycles. The lowest BCUT2D eigenvalue weighted by Gasteiger charge is -2.14. The van der Waals surface area contributed by atoms with Gasteiger partial charge in [0.15, 0.2) is 6.61 Å². The number of para-hydroxylation sites is 1. The first-order valence-corrected chi connectivity index (χ1v) is 9.13. The highest BCUT2D eigenvalue weighted by Crippen LogP contribution is 2.22. The zero-order valence-electron chi connectivity index (χ0n) is 16.0. The minimum atomic E-state index is -0.575. The average molecular weight is 371 g/mol. The van der Waals surface area contributed by atoms with Crippen LogP contribution in [0.5, 0.6) is 5.75 Å². The number of hydrogen-bond donors (Lipinski definition) is 0. The Labute approximate surface area is 159 Å². The molecule has 1 aliphatic heterocycles. The van der Waals surface area contributed by atoms with Gasteiger partial charge in [-0.1, -0.05) is 12.1 Å². The average Bonchev–Trinajstić information content (AvgIpc) is 3.29. The van der Waals surface area contributed by atoms with Crippen LogP contribution in [0.1, 0.15) is 44.9 Å². The zero-order chi connectivity index (χ0) is 19.4. The summed E-state index contributed by atoms with van der Waals surface area (Å²) in [5, 5.41) is 0. The molecule has 1 aliphatic rings. The number of esters is 1. The van der Waals surface area contributed by atoms with Crippen molar-refractivity contribution in [3.05, 3.63) is 52.8 Å². The fraction of sp³-hybridized carbons (Fsp3) is 0.429. The largest absolute Gasteiger partial charge is 0.496 e. The molecule has 0 unspecified atom stereocenters. The number of aromatic nitrogens is 1. The van der Waals surface area contributed by atoms with Crippen LogP contribution in [0.2, 0.25) is 0 Å². The van der Waals surface area contributed by atoms with Gasteiger partial charge < -0.3 is 18.8 Å². The second-order valence-corrected chi connectivity index (χ2v) is 6.73. The van der Waals surface area contributed by atoms with Crippen LogP contribution < -0.4 is 4.74 Å². The highest BCUT2D eigenvalue weighted by molar-refractivity contribution is 6.01. The van der Waals surface area contributed by atoms with Gasteiger partial charge in [-0.2, -0.15) is 0 Å². The Hall–Kier alpha value is -2.60. The molecule has 6 nitrogen and oxygen atoms in total. The van der Waals surface area contributed by atoms with Gasteiger partial charge >= 0.3 is 5.97 Å². The monoisotopic (exact) mass is 371 g/mol. The molecule has 1 saturated heterocycles. The van der Waals surface area contributed by atoms with E-state index in [1.807, 2.05) is 19.9 Å². The van der Waals surface area contributed by atoms with E-state index >= 15 is 0 Å². The number of hydrogen-bond acceptors (Lipinski definition) is 5. The summed E-state index contributed by atoms with van der Waals surface area (Å²) in [6, 6.07) is 8.63. The van der Waals surface area contributed by atoms with Gasteiger partial charge in [-0.25, -0.2) is 4.79 Å². The third kappa shape index (κ3) is 4.22. The fourth-order valence-electron chi connectivity index (χ4n) is 3.46. The fourth-order valence-corrected chi connectivity index (χ4v) is 3.46. The van der Waals surface area contributed by atoms with E-state index in [0.717, 1.165) is 37.4 Å². The molecule has 1 aromatic carbocycles. The van der Waals surface area contributed by atoms with Gasteiger partial charge in [-0.05, 0) is 44.9 Å². The first-order valence-electron chi connectivity index (χ1n) is 9.13. The van der Waals surface area contributed by atoms with E-state index < -0.39 is 5.97 Å². The summed E-state index contributed by atoms with van der Waals surface area (Å²) in [5.74, 6) is -0.372. The van der Waals surface area contributed by atoms with E-state index in [-0.39, 0.29) is 18.5 Å². The van der Waals surface area contributed by atoms with Gasteiger partial charge in [0.05, 0.1) is 13.2 Å². The molecule has 1 atom stereocenters. The third-order valence-electron chi connectivity index (χ3n) is 4.95. The van der Waals surface area contributed by atoms with Crippen molar-refractivity contribution in [2.24, 2.45) is 0 Å². The van der Waals surface area contributed by atoms with Crippen molar-refractivity contribution in [1.82, 2.24) is 4.57 Å². The Bertz CT molecular complexity index is 833. The van der Waals surface area contributed by atoms with Crippen LogP contribution in [0.15, 0.2) is 30.3 Å². The summed E-state index contributed by atoms with van der Waals surface area (Å²) < 4.78 is 18.2. The van der Waals surface area contributed by atoms with Crippen molar-refractivity contribution < 1.29 is 23.8 Å². The smallest absolute Gasteiger partial charge is 0.342 e. The van der Waals surface area contributed by atoms with Crippen LogP contribution in [-0.4, -0.2) is 42.7 Å². The Morgan fingerprint density at radius 1 is 1.22 bits per heavy atom. The Balaban J connectivity index is 1.66. The summed E-state index contributed by atoms with van der Waals surface area (Å²) in [7, 11) is 1.49. The van der Waals surface area contributed by atoms with Crippen molar-refractivity contribution >= 4 is 11.8 Å². The lowest BCUT2D eigenvalue weighted by molar-refractivity contribution is 0.0471. The number of aryl methyl sites for hydroxylation is 1. The van der Waals surface area contributed by atoms with Crippen molar-refractivity contribution in [3.8, 4) is 5.75 Å². The van der Waals surface area contributed by atoms with Gasteiger partial charge in [-0.3, -0.25) is 4.79 Å². The summed E-state index contributed by atoms with van der Waals surface area (Å²) >= 11 is 0. The molecule has 1 fully saturated rings. The summed E-state index contributed by atoms with van der Waals surface area (Å²) in [6.07, 6.45) is 2.31. The maximum absolute atomic E-state index is 12.6. The van der Waals surface area contributed by atoms with Crippen molar-refractivity contribution in [1.29, 1.82) is 0 Å². The molecule has 144 valence electrons. The molecule has 0 amide bonds. The quantitative estimate of drug-likeness (QED) is 0.552. The second kappa shape index (κ2) is 8.39. The van der Waals surface area contributed by atoms with Crippen LogP contribution in [-0.2, 0) is 16.0 Å². The van der Waals surface area contributed by atoms with Crippen LogP contribution in [0.3, 0.4) is 0 Å². The van der Waals surface area contributed by atoms with E-state index in [2.05, 4.69) is 4.57 Å². The number of ether oxygens (including phenoxy) is 3. The number of carbonyl (C=O) groups excluding carboxylic acids is 2. The number of ketones is 1. The normalized spacial score (nSPS) is 16.3. The van der Waals surface area contributed by atoms with Crippen molar-refractivity contribution in [3.63, 3.8) is 0 Å². The first-order chi connectivity index (χ1) is 13.0. The lowest BCUT2D eigenvalue weighted by Crippen LogP contribution is -2.18. The van der Waals surface area contributed by atoms with E-state index in [1.165, 1.54) is 7.11 Å². The van der Waals surface area contributed by atoms with Gasteiger partial charge in [0, 0.05) is 30.1 Å². The highest BCUT2D eigenvalue weighted by Gasteiger charge is 2.22. The minimum absolute atomic E-state index is 0.195. The maximum Gasteiger partial charge on any atom is 0.342 e. The number of carbonyl (C=O) groups is 2. The summed E-state index contributed by atoms with van der Waals surface area (Å²) in [5.41, 5.74) is 2.76. The number of Topliss-reactive ketones (excluding diaryl/α,β-unsaturated/α-hetero) is 1. The standard InChI is InChI=1S/C21H25NO5/c1-14-11-18(15(2)22(14)12-16-7-6-10-26-16)19(23)13-27-21(24)17-8-4-5-9-20(17)25-3/h4-5,8-9,11,16H,6-7,10,12-13H2,1-3H3/t16-/m0/s1. The number of benzene rings is 1. The molecule has 27 heavy (non-hydrogen) atoms. The molecule has 0 N–H and O–H groups in total. The minimum Gasteiger partial charge on any atom is -0.496 e. The summed E-state index contributed by atoms with van der Waals surface area (Å²) in [4.78, 5) is 24.9. The molecule has 6 heteroatoms. The van der Waals surface area contributed by atoms with Crippen LogP contribution in [0.4, 0.5) is 0 Å². The molecule has 3 rings (SSSR count). The zero-order valence-corrected chi connectivity index (χ0v) is 16.0. The molecule has 0 bridgehead atoms. The van der Waals surface area contributed by atoms with Gasteiger partial charge in [0.1, 0.15) is 11.3 Å². The molecule has 2 aromatic rings. The molecule has 2 heterocycles. The SMILES string of the molecule is COc1ccccc1C(=O)OCC(=O)c1cc(C)n(C[C@@H]2CCCO2)c1C. The van der Waals surface area contributed by atoms with Gasteiger partial charge in [0.2, 0.25) is 5.78 Å². The van der Waals surface area contributed by atoms with Crippen molar-refractivity contribution in [2.45, 2.75) is 39.3 Å². The second-order valence-electron chi connectivity index (χ2n) is 6.73. The number of rotatable bonds is 7. The first kappa shape index (κ1) is 19.2. The van der Waals surface area contributed by atoms with E-state index in [9.17, 15) is 9.59 Å². The highest BCUT2D eigenvalue weighted by atomic mass is 16.5. The van der Waals surface area contributed by atoms with Crippen LogP contribution in [0, 0.1) is 13.8 Å². The Kier molecular flexibility index (Phi) is 5.96. The topological polar surface area (TPSA) is 66.8 Å². The number of nitrogens with zero attached hydrogens (tertiary/aromatic N) is 1. The molecular weight excluding hydrogens is 346 g/mol. The van der Waals surface area contributed by atoms with Crippen molar-refractivity contribution in [2.75, 3.05) is 20.3 Å². The Morgan fingerprint density at radius 3 is 2.70 bits per heavy atom. The predicted molar refractivity (Wildman–Crippen MR) is 100 cm³/mol. The maximum atomic E-state index is 12.6. The van der Waals surface area contributed by atoms with Crippen LogP contribution in [0.25, 0.3) is 0 Å². The molecule has 0 aliphatic carbocycles.